The van der Waals surface area contributed by atoms with E-state index in [2.05, 4.69) is 15.9 Å². The summed E-state index contributed by atoms with van der Waals surface area (Å²) >= 11 is 6.15. The Morgan fingerprint density at radius 1 is 1.08 bits per heavy atom. The largest absolute Gasteiger partial charge is 0.462 e. The zero-order valence-corrected chi connectivity index (χ0v) is 21.9. The van der Waals surface area contributed by atoms with Crippen LogP contribution in [0, 0.1) is 5.41 Å². The molecule has 0 saturated carbocycles. The molecule has 0 radical (unpaired) electrons. The predicted molar refractivity (Wildman–Crippen MR) is 138 cm³/mol. The Balaban J connectivity index is 1.07. The lowest BCUT2D eigenvalue weighted by Gasteiger charge is -2.38. The highest BCUT2D eigenvalue weighted by Gasteiger charge is 2.51. The maximum atomic E-state index is 13.1. The van der Waals surface area contributed by atoms with Crippen LogP contribution in [-0.2, 0) is 19.1 Å². The highest BCUT2D eigenvalue weighted by Crippen LogP contribution is 2.44. The number of anilines is 1. The lowest BCUT2D eigenvalue weighted by molar-refractivity contribution is -0.153. The Bertz CT molecular complexity index is 988. The van der Waals surface area contributed by atoms with Gasteiger partial charge in [0, 0.05) is 76.4 Å². The third-order valence-corrected chi connectivity index (χ3v) is 8.85. The van der Waals surface area contributed by atoms with Crippen molar-refractivity contribution in [1.29, 1.82) is 0 Å². The van der Waals surface area contributed by atoms with E-state index in [9.17, 15) is 14.4 Å². The maximum Gasteiger partial charge on any atom is 0.312 e. The summed E-state index contributed by atoms with van der Waals surface area (Å²) in [7, 11) is 0. The van der Waals surface area contributed by atoms with E-state index in [-0.39, 0.29) is 29.9 Å². The number of cyclic esters (lactones) is 1. The van der Waals surface area contributed by atoms with Crippen LogP contribution >= 0.6 is 11.6 Å². The number of ether oxygens (including phenoxy) is 1. The predicted octanol–water partition coefficient (Wildman–Crippen LogP) is 2.79. The molecule has 1 unspecified atom stereocenters. The summed E-state index contributed by atoms with van der Waals surface area (Å²) in [6.45, 7) is 8.12. The zero-order chi connectivity index (χ0) is 25.3. The minimum Gasteiger partial charge on any atom is -0.462 e. The fraction of sp³-hybridized carbons (Fsp3) is 0.667. The smallest absolute Gasteiger partial charge is 0.312 e. The number of rotatable bonds is 5. The van der Waals surface area contributed by atoms with E-state index in [0.29, 0.717) is 32.5 Å². The minimum absolute atomic E-state index is 0.0348. The quantitative estimate of drug-likeness (QED) is 0.560. The molecule has 0 bridgehead atoms. The molecule has 4 aliphatic rings. The fourth-order valence-corrected chi connectivity index (χ4v) is 6.59. The Labute approximate surface area is 218 Å². The number of carbonyl (C=O) groups is 3. The Morgan fingerprint density at radius 2 is 1.83 bits per heavy atom. The van der Waals surface area contributed by atoms with E-state index in [1.165, 1.54) is 12.6 Å². The number of likely N-dealkylation sites (tertiary alicyclic amines) is 2. The molecule has 1 aromatic rings. The monoisotopic (exact) mass is 516 g/mol. The van der Waals surface area contributed by atoms with Crippen LogP contribution < -0.4 is 4.90 Å². The number of benzene rings is 1. The van der Waals surface area contributed by atoms with E-state index in [1.807, 2.05) is 23.1 Å². The molecule has 4 heterocycles. The second-order valence-electron chi connectivity index (χ2n) is 10.8. The number of esters is 1. The number of piperidine rings is 1. The molecule has 196 valence electrons. The van der Waals surface area contributed by atoms with Crippen molar-refractivity contribution >= 4 is 35.1 Å². The molecule has 0 aromatic heterocycles. The van der Waals surface area contributed by atoms with Crippen molar-refractivity contribution in [3.05, 3.63) is 29.3 Å². The summed E-state index contributed by atoms with van der Waals surface area (Å²) < 4.78 is 5.85. The number of amides is 2. The molecule has 8 nitrogen and oxygen atoms in total. The highest BCUT2D eigenvalue weighted by molar-refractivity contribution is 6.30. The van der Waals surface area contributed by atoms with Gasteiger partial charge < -0.3 is 19.4 Å². The van der Waals surface area contributed by atoms with Gasteiger partial charge in [-0.05, 0) is 50.3 Å². The Morgan fingerprint density at radius 3 is 2.53 bits per heavy atom. The van der Waals surface area contributed by atoms with Gasteiger partial charge in [0.05, 0.1) is 5.41 Å². The van der Waals surface area contributed by atoms with Gasteiger partial charge in [0.25, 0.3) is 0 Å². The van der Waals surface area contributed by atoms with Crippen molar-refractivity contribution in [3.8, 4) is 0 Å². The first-order chi connectivity index (χ1) is 17.3. The van der Waals surface area contributed by atoms with Crippen LogP contribution in [0.15, 0.2) is 24.3 Å². The van der Waals surface area contributed by atoms with E-state index >= 15 is 0 Å². The van der Waals surface area contributed by atoms with Crippen molar-refractivity contribution in [3.63, 3.8) is 0 Å². The van der Waals surface area contributed by atoms with Gasteiger partial charge in [0.2, 0.25) is 11.8 Å². The number of carbonyl (C=O) groups excluding carboxylic acids is 3. The van der Waals surface area contributed by atoms with Crippen molar-refractivity contribution in [2.75, 3.05) is 57.3 Å². The minimum atomic E-state index is -0.456. The first-order valence-corrected chi connectivity index (χ1v) is 13.7. The number of hydrogen-bond acceptors (Lipinski definition) is 6. The van der Waals surface area contributed by atoms with Crippen LogP contribution in [-0.4, -0.2) is 97.0 Å². The average Bonchev–Trinajstić information content (AvgIpc) is 3.49. The molecule has 4 aliphatic heterocycles. The van der Waals surface area contributed by atoms with Crippen LogP contribution in [0.5, 0.6) is 0 Å². The molecule has 0 N–H and O–H groups in total. The zero-order valence-electron chi connectivity index (χ0n) is 21.2. The van der Waals surface area contributed by atoms with Gasteiger partial charge in [-0.1, -0.05) is 17.7 Å². The first kappa shape index (κ1) is 25.3. The molecular formula is C27H37ClN4O4. The van der Waals surface area contributed by atoms with Crippen LogP contribution in [0.4, 0.5) is 5.69 Å². The average molecular weight is 517 g/mol. The molecule has 0 aliphatic carbocycles. The van der Waals surface area contributed by atoms with Gasteiger partial charge >= 0.3 is 5.97 Å². The fourth-order valence-electron chi connectivity index (χ4n) is 6.40. The molecule has 4 fully saturated rings. The van der Waals surface area contributed by atoms with Crippen LogP contribution in [0.25, 0.3) is 0 Å². The molecule has 36 heavy (non-hydrogen) atoms. The summed E-state index contributed by atoms with van der Waals surface area (Å²) in [5.74, 6) is -0.0820. The van der Waals surface area contributed by atoms with Gasteiger partial charge in [0.1, 0.15) is 12.1 Å². The van der Waals surface area contributed by atoms with Crippen LogP contribution in [0.1, 0.15) is 45.4 Å². The topological polar surface area (TPSA) is 73.4 Å². The molecule has 4 saturated heterocycles. The van der Waals surface area contributed by atoms with Gasteiger partial charge in [0.15, 0.2) is 0 Å². The number of halogens is 1. The van der Waals surface area contributed by atoms with E-state index in [0.717, 1.165) is 63.4 Å². The Kier molecular flexibility index (Phi) is 7.45. The maximum absolute atomic E-state index is 13.1. The first-order valence-electron chi connectivity index (χ1n) is 13.3. The normalized spacial score (nSPS) is 26.5. The summed E-state index contributed by atoms with van der Waals surface area (Å²) in [6.07, 6.45) is 4.46. The third-order valence-electron chi connectivity index (χ3n) is 8.61. The number of nitrogens with zero attached hydrogens (tertiary/aromatic N) is 4. The van der Waals surface area contributed by atoms with E-state index in [4.69, 9.17) is 16.3 Å². The van der Waals surface area contributed by atoms with Gasteiger partial charge in [-0.2, -0.15) is 0 Å². The van der Waals surface area contributed by atoms with Gasteiger partial charge in [-0.3, -0.25) is 19.3 Å². The van der Waals surface area contributed by atoms with Gasteiger partial charge in [-0.15, -0.1) is 0 Å². The molecular weight excluding hydrogens is 480 g/mol. The second kappa shape index (κ2) is 10.6. The van der Waals surface area contributed by atoms with Gasteiger partial charge in [-0.25, -0.2) is 0 Å². The summed E-state index contributed by atoms with van der Waals surface area (Å²) in [6, 6.07) is 7.67. The SMILES string of the molecule is CC(=O)N1CCCC1C(=O)N1CCC2(CC1)C[C@H](CCN1CCN(c3cccc(Cl)c3)CC1)OC2=O. The second-order valence-corrected chi connectivity index (χ2v) is 11.2. The van der Waals surface area contributed by atoms with Crippen LogP contribution in [0.3, 0.4) is 0 Å². The van der Waals surface area contributed by atoms with Crippen LogP contribution in [0.2, 0.25) is 5.02 Å². The van der Waals surface area contributed by atoms with Crippen molar-refractivity contribution < 1.29 is 19.1 Å². The third kappa shape index (κ3) is 5.21. The van der Waals surface area contributed by atoms with Crippen molar-refractivity contribution in [2.45, 2.75) is 57.6 Å². The number of hydrogen-bond donors (Lipinski definition) is 0. The standard InChI is InChI=1S/C27H37ClN4O4/c1-20(33)32-10-3-6-24(32)25(34)31-12-8-27(9-13-31)19-23(36-26(27)35)7-11-29-14-16-30(17-15-29)22-5-2-4-21(28)18-22/h2,4-5,18,23-24H,3,6-17,19H2,1H3/t23-,24?/m0/s1. The molecule has 9 heteroatoms. The lowest BCUT2D eigenvalue weighted by atomic mass is 9.75. The number of piperazine rings is 1. The van der Waals surface area contributed by atoms with E-state index < -0.39 is 5.41 Å². The summed E-state index contributed by atoms with van der Waals surface area (Å²) in [5.41, 5.74) is 0.712. The Hall–Kier alpha value is -2.32. The summed E-state index contributed by atoms with van der Waals surface area (Å²) in [4.78, 5) is 46.2. The van der Waals surface area contributed by atoms with E-state index in [1.54, 1.807) is 4.90 Å². The highest BCUT2D eigenvalue weighted by atomic mass is 35.5. The molecule has 1 spiro atoms. The molecule has 2 atom stereocenters. The molecule has 1 aromatic carbocycles. The van der Waals surface area contributed by atoms with Crippen molar-refractivity contribution in [1.82, 2.24) is 14.7 Å². The van der Waals surface area contributed by atoms with Crippen molar-refractivity contribution in [2.24, 2.45) is 5.41 Å². The molecule has 5 rings (SSSR count). The summed E-state index contributed by atoms with van der Waals surface area (Å²) in [5, 5.41) is 0.763. The lowest BCUT2D eigenvalue weighted by Crippen LogP contribution is -2.51. The molecule has 2 amide bonds.